The van der Waals surface area contributed by atoms with E-state index in [-0.39, 0.29) is 5.97 Å². The lowest BCUT2D eigenvalue weighted by Crippen LogP contribution is -2.33. The van der Waals surface area contributed by atoms with Crippen LogP contribution in [0.15, 0.2) is 23.4 Å². The van der Waals surface area contributed by atoms with Crippen LogP contribution in [0.3, 0.4) is 0 Å². The fourth-order valence-corrected chi connectivity index (χ4v) is 2.60. The maximum atomic E-state index is 11.6. The molecule has 0 N–H and O–H groups in total. The zero-order valence-electron chi connectivity index (χ0n) is 10.0. The number of rotatable bonds is 3. The summed E-state index contributed by atoms with van der Waals surface area (Å²) in [6, 6.07) is 0.482. The van der Waals surface area contributed by atoms with Crippen molar-refractivity contribution in [3.8, 4) is 0 Å². The van der Waals surface area contributed by atoms with Crippen LogP contribution in [-0.2, 0) is 9.53 Å². The summed E-state index contributed by atoms with van der Waals surface area (Å²) >= 11 is 0. The van der Waals surface area contributed by atoms with E-state index in [2.05, 4.69) is 17.9 Å². The molecule has 88 valence electrons. The molecule has 2 aliphatic rings. The smallest absolute Gasteiger partial charge is 0.339 e. The highest BCUT2D eigenvalue weighted by molar-refractivity contribution is 5.92. The van der Waals surface area contributed by atoms with Crippen LogP contribution < -0.4 is 0 Å². The summed E-state index contributed by atoms with van der Waals surface area (Å²) in [7, 11) is 1.45. The molecule has 0 aromatic carbocycles. The highest BCUT2D eigenvalue weighted by Gasteiger charge is 2.30. The molecular weight excluding hydrogens is 202 g/mol. The number of carbonyl (C=O) groups excluding carboxylic acids is 1. The van der Waals surface area contributed by atoms with Crippen LogP contribution in [0.5, 0.6) is 0 Å². The number of fused-ring (bicyclic) bond motifs is 1. The molecule has 2 aliphatic heterocycles. The Morgan fingerprint density at radius 3 is 3.12 bits per heavy atom. The molecule has 2 rings (SSSR count). The Hall–Kier alpha value is -1.25. The molecule has 0 aromatic rings. The van der Waals surface area contributed by atoms with Crippen LogP contribution in [0, 0.1) is 0 Å². The van der Waals surface area contributed by atoms with Gasteiger partial charge in [0.2, 0.25) is 0 Å². The van der Waals surface area contributed by atoms with Crippen LogP contribution in [0.25, 0.3) is 0 Å². The summed E-state index contributed by atoms with van der Waals surface area (Å²) in [5.74, 6) is -0.201. The van der Waals surface area contributed by atoms with Gasteiger partial charge in [-0.2, -0.15) is 0 Å². The van der Waals surface area contributed by atoms with E-state index < -0.39 is 0 Å². The van der Waals surface area contributed by atoms with Gasteiger partial charge in [-0.25, -0.2) is 4.79 Å². The van der Waals surface area contributed by atoms with E-state index in [1.54, 1.807) is 0 Å². The molecule has 3 nitrogen and oxygen atoms in total. The van der Waals surface area contributed by atoms with Crippen LogP contribution in [0.1, 0.15) is 32.6 Å². The summed E-state index contributed by atoms with van der Waals surface area (Å²) in [4.78, 5) is 14.0. The third-order valence-corrected chi connectivity index (χ3v) is 3.35. The van der Waals surface area contributed by atoms with Crippen LogP contribution >= 0.6 is 0 Å². The SMILES string of the molecule is CCCC1C=CC(C(=O)OC)=C2CCCN21. The Morgan fingerprint density at radius 1 is 1.62 bits per heavy atom. The average Bonchev–Trinajstić information content (AvgIpc) is 2.78. The van der Waals surface area contributed by atoms with Crippen molar-refractivity contribution in [2.24, 2.45) is 0 Å². The van der Waals surface area contributed by atoms with E-state index in [1.807, 2.05) is 6.08 Å². The Morgan fingerprint density at radius 2 is 2.44 bits per heavy atom. The Kier molecular flexibility index (Phi) is 3.32. The second-order valence-electron chi connectivity index (χ2n) is 4.36. The van der Waals surface area contributed by atoms with Crippen molar-refractivity contribution in [3.05, 3.63) is 23.4 Å². The first-order valence-electron chi connectivity index (χ1n) is 6.04. The summed E-state index contributed by atoms with van der Waals surface area (Å²) in [5.41, 5.74) is 1.94. The highest BCUT2D eigenvalue weighted by Crippen LogP contribution is 2.32. The number of hydrogen-bond acceptors (Lipinski definition) is 3. The lowest BCUT2D eigenvalue weighted by molar-refractivity contribution is -0.135. The second kappa shape index (κ2) is 4.73. The predicted molar refractivity (Wildman–Crippen MR) is 62.8 cm³/mol. The number of allylic oxidation sites excluding steroid dienone is 1. The zero-order chi connectivity index (χ0) is 11.5. The Labute approximate surface area is 96.8 Å². The molecule has 1 unspecified atom stereocenters. The number of carbonyl (C=O) groups is 1. The molecule has 0 amide bonds. The Balaban J connectivity index is 2.24. The standard InChI is InChI=1S/C13H19NO2/c1-3-5-10-7-8-11(13(15)16-2)12-6-4-9-14(10)12/h7-8,10H,3-6,9H2,1-2H3. The van der Waals surface area contributed by atoms with E-state index >= 15 is 0 Å². The van der Waals surface area contributed by atoms with Crippen molar-refractivity contribution in [1.82, 2.24) is 4.90 Å². The van der Waals surface area contributed by atoms with Gasteiger partial charge in [-0.3, -0.25) is 0 Å². The van der Waals surface area contributed by atoms with Crippen molar-refractivity contribution < 1.29 is 9.53 Å². The average molecular weight is 221 g/mol. The zero-order valence-corrected chi connectivity index (χ0v) is 10.0. The van der Waals surface area contributed by atoms with Gasteiger partial charge >= 0.3 is 5.97 Å². The molecule has 0 spiro atoms. The predicted octanol–water partition coefficient (Wildman–Crippen LogP) is 2.25. The molecule has 0 aromatic heterocycles. The summed E-state index contributed by atoms with van der Waals surface area (Å²) in [6.07, 6.45) is 8.58. The molecule has 0 aliphatic carbocycles. The maximum Gasteiger partial charge on any atom is 0.339 e. The minimum Gasteiger partial charge on any atom is -0.465 e. The van der Waals surface area contributed by atoms with E-state index in [0.717, 1.165) is 31.4 Å². The summed E-state index contributed by atoms with van der Waals surface area (Å²) in [5, 5.41) is 0. The van der Waals surface area contributed by atoms with E-state index in [4.69, 9.17) is 4.74 Å². The van der Waals surface area contributed by atoms with Crippen LogP contribution in [-0.4, -0.2) is 30.6 Å². The van der Waals surface area contributed by atoms with Gasteiger partial charge in [0, 0.05) is 18.3 Å². The van der Waals surface area contributed by atoms with Gasteiger partial charge in [0.05, 0.1) is 12.7 Å². The number of methoxy groups -OCH3 is 1. The van der Waals surface area contributed by atoms with Crippen LogP contribution in [0.4, 0.5) is 0 Å². The fourth-order valence-electron chi connectivity index (χ4n) is 2.60. The van der Waals surface area contributed by atoms with Crippen molar-refractivity contribution in [3.63, 3.8) is 0 Å². The normalized spacial score (nSPS) is 23.6. The second-order valence-corrected chi connectivity index (χ2v) is 4.36. The lowest BCUT2D eigenvalue weighted by atomic mass is 10.0. The molecule has 0 saturated carbocycles. The summed E-state index contributed by atoms with van der Waals surface area (Å²) < 4.78 is 4.82. The van der Waals surface area contributed by atoms with Crippen molar-refractivity contribution in [2.75, 3.05) is 13.7 Å². The molecule has 0 radical (unpaired) electrons. The topological polar surface area (TPSA) is 29.5 Å². The number of ether oxygens (including phenoxy) is 1. The molecule has 1 fully saturated rings. The van der Waals surface area contributed by atoms with E-state index in [1.165, 1.54) is 19.2 Å². The molecule has 3 heteroatoms. The third kappa shape index (κ3) is 1.86. The van der Waals surface area contributed by atoms with Gasteiger partial charge in [0.15, 0.2) is 0 Å². The van der Waals surface area contributed by atoms with Crippen LogP contribution in [0.2, 0.25) is 0 Å². The molecule has 2 heterocycles. The first-order chi connectivity index (χ1) is 7.77. The van der Waals surface area contributed by atoms with E-state index in [0.29, 0.717) is 6.04 Å². The first-order valence-corrected chi connectivity index (χ1v) is 6.04. The fraction of sp³-hybridized carbons (Fsp3) is 0.615. The highest BCUT2D eigenvalue weighted by atomic mass is 16.5. The van der Waals surface area contributed by atoms with Crippen molar-refractivity contribution in [1.29, 1.82) is 0 Å². The first kappa shape index (κ1) is 11.2. The summed E-state index contributed by atoms with van der Waals surface area (Å²) in [6.45, 7) is 3.27. The van der Waals surface area contributed by atoms with Gasteiger partial charge in [0.1, 0.15) is 0 Å². The number of esters is 1. The molecule has 1 atom stereocenters. The van der Waals surface area contributed by atoms with Crippen molar-refractivity contribution in [2.45, 2.75) is 38.6 Å². The molecule has 0 bridgehead atoms. The van der Waals surface area contributed by atoms with Gasteiger partial charge in [0.25, 0.3) is 0 Å². The van der Waals surface area contributed by atoms with Gasteiger partial charge in [-0.1, -0.05) is 19.4 Å². The van der Waals surface area contributed by atoms with Crippen molar-refractivity contribution >= 4 is 5.97 Å². The molecular formula is C13H19NO2. The quantitative estimate of drug-likeness (QED) is 0.685. The third-order valence-electron chi connectivity index (χ3n) is 3.35. The van der Waals surface area contributed by atoms with E-state index in [9.17, 15) is 4.79 Å². The molecule has 1 saturated heterocycles. The van der Waals surface area contributed by atoms with Gasteiger partial charge < -0.3 is 9.64 Å². The Bertz CT molecular complexity index is 344. The van der Waals surface area contributed by atoms with Gasteiger partial charge in [-0.05, 0) is 25.3 Å². The monoisotopic (exact) mass is 221 g/mol. The maximum absolute atomic E-state index is 11.6. The molecule has 16 heavy (non-hydrogen) atoms. The minimum absolute atomic E-state index is 0.201. The number of hydrogen-bond donors (Lipinski definition) is 0. The minimum atomic E-state index is -0.201. The lowest BCUT2D eigenvalue weighted by Gasteiger charge is -2.32. The largest absolute Gasteiger partial charge is 0.465 e. The van der Waals surface area contributed by atoms with Gasteiger partial charge in [-0.15, -0.1) is 0 Å². The number of nitrogens with zero attached hydrogens (tertiary/aromatic N) is 1.